The largest absolute Gasteiger partial charge is 0.389 e. The first-order chi connectivity index (χ1) is 7.66. The van der Waals surface area contributed by atoms with Crippen LogP contribution in [0.5, 0.6) is 0 Å². The summed E-state index contributed by atoms with van der Waals surface area (Å²) in [7, 11) is 0. The Kier molecular flexibility index (Phi) is 4.22. The minimum absolute atomic E-state index is 0.444. The van der Waals surface area contributed by atoms with E-state index in [1.165, 1.54) is 45.4 Å². The van der Waals surface area contributed by atoms with Crippen molar-refractivity contribution in [3.8, 4) is 0 Å². The molecule has 2 aliphatic heterocycles. The van der Waals surface area contributed by atoms with E-state index in [0.29, 0.717) is 0 Å². The van der Waals surface area contributed by atoms with Crippen LogP contribution in [0.2, 0.25) is 0 Å². The van der Waals surface area contributed by atoms with Crippen molar-refractivity contribution in [2.24, 2.45) is 0 Å². The van der Waals surface area contributed by atoms with Gasteiger partial charge in [-0.3, -0.25) is 4.90 Å². The van der Waals surface area contributed by atoms with Crippen LogP contribution in [0, 0.1) is 0 Å². The summed E-state index contributed by atoms with van der Waals surface area (Å²) in [6.45, 7) is 8.89. The molecule has 2 saturated heterocycles. The van der Waals surface area contributed by atoms with Crippen LogP contribution in [0.4, 0.5) is 0 Å². The molecule has 2 aliphatic rings. The lowest BCUT2D eigenvalue weighted by Gasteiger charge is -2.38. The minimum atomic E-state index is -0.444. The highest BCUT2D eigenvalue weighted by atomic mass is 16.3. The van der Waals surface area contributed by atoms with Crippen LogP contribution in [0.1, 0.15) is 39.0 Å². The van der Waals surface area contributed by atoms with Gasteiger partial charge in [0.15, 0.2) is 0 Å². The van der Waals surface area contributed by atoms with Crippen molar-refractivity contribution < 1.29 is 5.11 Å². The van der Waals surface area contributed by atoms with E-state index in [2.05, 4.69) is 9.80 Å². The zero-order valence-electron chi connectivity index (χ0n) is 10.6. The molecule has 94 valence electrons. The summed E-state index contributed by atoms with van der Waals surface area (Å²) in [4.78, 5) is 5.00. The maximum absolute atomic E-state index is 10.0. The highest BCUT2D eigenvalue weighted by Gasteiger charge is 2.28. The van der Waals surface area contributed by atoms with Gasteiger partial charge in [0.05, 0.1) is 5.60 Å². The molecule has 1 unspecified atom stereocenters. The lowest BCUT2D eigenvalue weighted by molar-refractivity contribution is -0.0180. The number of hydrogen-bond donors (Lipinski definition) is 1. The Bertz CT molecular complexity index is 212. The van der Waals surface area contributed by atoms with Gasteiger partial charge in [0, 0.05) is 19.6 Å². The molecule has 0 aromatic heterocycles. The third kappa shape index (κ3) is 3.72. The van der Waals surface area contributed by atoms with E-state index in [0.717, 1.165) is 25.9 Å². The van der Waals surface area contributed by atoms with Crippen molar-refractivity contribution in [2.75, 3.05) is 39.3 Å². The topological polar surface area (TPSA) is 26.7 Å². The van der Waals surface area contributed by atoms with E-state index in [4.69, 9.17) is 0 Å². The molecule has 2 heterocycles. The van der Waals surface area contributed by atoms with Crippen LogP contribution in [0.15, 0.2) is 0 Å². The van der Waals surface area contributed by atoms with Crippen LogP contribution in [0.3, 0.4) is 0 Å². The minimum Gasteiger partial charge on any atom is -0.389 e. The summed E-state index contributed by atoms with van der Waals surface area (Å²) in [5, 5.41) is 10.0. The zero-order chi connectivity index (χ0) is 11.4. The average molecular weight is 226 g/mol. The molecule has 2 fully saturated rings. The van der Waals surface area contributed by atoms with Crippen LogP contribution in [-0.2, 0) is 0 Å². The molecule has 0 aliphatic carbocycles. The van der Waals surface area contributed by atoms with E-state index in [9.17, 15) is 5.11 Å². The Morgan fingerprint density at radius 1 is 0.938 bits per heavy atom. The lowest BCUT2D eigenvalue weighted by Crippen LogP contribution is -2.48. The summed E-state index contributed by atoms with van der Waals surface area (Å²) in [5.41, 5.74) is -0.444. The van der Waals surface area contributed by atoms with Crippen LogP contribution in [0.25, 0.3) is 0 Å². The second-order valence-corrected chi connectivity index (χ2v) is 5.78. The smallest absolute Gasteiger partial charge is 0.0746 e. The third-order valence-corrected chi connectivity index (χ3v) is 3.94. The summed E-state index contributed by atoms with van der Waals surface area (Å²) in [6.07, 6.45) is 6.27. The normalized spacial score (nSPS) is 34.1. The molecule has 16 heavy (non-hydrogen) atoms. The van der Waals surface area contributed by atoms with Crippen LogP contribution >= 0.6 is 0 Å². The predicted molar refractivity (Wildman–Crippen MR) is 66.6 cm³/mol. The van der Waals surface area contributed by atoms with Crippen molar-refractivity contribution in [3.05, 3.63) is 0 Å². The van der Waals surface area contributed by atoms with Gasteiger partial charge in [0.25, 0.3) is 0 Å². The fraction of sp³-hybridized carbons (Fsp3) is 1.00. The second kappa shape index (κ2) is 5.48. The summed E-state index contributed by atoms with van der Waals surface area (Å²) >= 11 is 0. The molecular formula is C13H26N2O. The molecule has 1 atom stereocenters. The SMILES string of the molecule is CC1(O)CCCN(CCN2CCCCC2)C1. The summed E-state index contributed by atoms with van der Waals surface area (Å²) in [6, 6.07) is 0. The first kappa shape index (κ1) is 12.3. The first-order valence-corrected chi connectivity index (χ1v) is 6.83. The van der Waals surface area contributed by atoms with E-state index >= 15 is 0 Å². The Morgan fingerprint density at radius 3 is 2.25 bits per heavy atom. The van der Waals surface area contributed by atoms with Gasteiger partial charge in [-0.05, 0) is 52.2 Å². The van der Waals surface area contributed by atoms with E-state index < -0.39 is 5.60 Å². The Morgan fingerprint density at radius 2 is 1.56 bits per heavy atom. The van der Waals surface area contributed by atoms with Gasteiger partial charge < -0.3 is 10.0 Å². The van der Waals surface area contributed by atoms with Gasteiger partial charge >= 0.3 is 0 Å². The Hall–Kier alpha value is -0.120. The summed E-state index contributed by atoms with van der Waals surface area (Å²) in [5.74, 6) is 0. The van der Waals surface area contributed by atoms with Crippen LogP contribution < -0.4 is 0 Å². The van der Waals surface area contributed by atoms with Gasteiger partial charge in [-0.15, -0.1) is 0 Å². The molecule has 1 N–H and O–H groups in total. The number of rotatable bonds is 3. The standard InChI is InChI=1S/C13H26N2O/c1-13(16)6-5-9-15(12-13)11-10-14-7-3-2-4-8-14/h16H,2-12H2,1H3. The van der Waals surface area contributed by atoms with Gasteiger partial charge in [-0.1, -0.05) is 6.42 Å². The maximum Gasteiger partial charge on any atom is 0.0746 e. The van der Waals surface area contributed by atoms with Crippen molar-refractivity contribution in [1.29, 1.82) is 0 Å². The molecule has 0 aromatic carbocycles. The molecule has 0 saturated carbocycles. The second-order valence-electron chi connectivity index (χ2n) is 5.78. The molecule has 0 aromatic rings. The lowest BCUT2D eigenvalue weighted by atomic mass is 9.95. The predicted octanol–water partition coefficient (Wildman–Crippen LogP) is 1.32. The molecule has 0 spiro atoms. The molecular weight excluding hydrogens is 200 g/mol. The number of hydrogen-bond acceptors (Lipinski definition) is 3. The van der Waals surface area contributed by atoms with Gasteiger partial charge in [0.2, 0.25) is 0 Å². The fourth-order valence-electron chi connectivity index (χ4n) is 2.98. The summed E-state index contributed by atoms with van der Waals surface area (Å²) < 4.78 is 0. The molecule has 0 amide bonds. The number of β-amino-alcohol motifs (C(OH)–C–C–N with tert-alkyl or cyclic N) is 1. The van der Waals surface area contributed by atoms with Crippen molar-refractivity contribution in [2.45, 2.75) is 44.6 Å². The van der Waals surface area contributed by atoms with Crippen LogP contribution in [-0.4, -0.2) is 59.8 Å². The Balaban J connectivity index is 1.68. The number of nitrogens with zero attached hydrogens (tertiary/aromatic N) is 2. The van der Waals surface area contributed by atoms with Gasteiger partial charge in [-0.2, -0.15) is 0 Å². The maximum atomic E-state index is 10.0. The fourth-order valence-corrected chi connectivity index (χ4v) is 2.98. The van der Waals surface area contributed by atoms with Crippen molar-refractivity contribution >= 4 is 0 Å². The number of aliphatic hydroxyl groups is 1. The monoisotopic (exact) mass is 226 g/mol. The molecule has 2 rings (SSSR count). The average Bonchev–Trinajstić information content (AvgIpc) is 2.27. The van der Waals surface area contributed by atoms with E-state index in [1.54, 1.807) is 0 Å². The highest BCUT2D eigenvalue weighted by molar-refractivity contribution is 4.83. The highest BCUT2D eigenvalue weighted by Crippen LogP contribution is 2.20. The molecule has 0 bridgehead atoms. The quantitative estimate of drug-likeness (QED) is 0.786. The first-order valence-electron chi connectivity index (χ1n) is 6.83. The number of likely N-dealkylation sites (tertiary alicyclic amines) is 2. The van der Waals surface area contributed by atoms with Gasteiger partial charge in [0.1, 0.15) is 0 Å². The van der Waals surface area contributed by atoms with Crippen molar-refractivity contribution in [3.63, 3.8) is 0 Å². The van der Waals surface area contributed by atoms with E-state index in [1.807, 2.05) is 6.92 Å². The Labute approximate surface area is 99.4 Å². The number of piperidine rings is 2. The molecule has 3 nitrogen and oxygen atoms in total. The van der Waals surface area contributed by atoms with Gasteiger partial charge in [-0.25, -0.2) is 0 Å². The van der Waals surface area contributed by atoms with E-state index in [-0.39, 0.29) is 0 Å². The molecule has 0 radical (unpaired) electrons. The molecule has 3 heteroatoms. The zero-order valence-corrected chi connectivity index (χ0v) is 10.6. The van der Waals surface area contributed by atoms with Crippen molar-refractivity contribution in [1.82, 2.24) is 9.80 Å². The third-order valence-electron chi connectivity index (χ3n) is 3.94.